The molecule has 178 valence electrons. The first-order valence-electron chi connectivity index (χ1n) is 11.2. The molecule has 1 aromatic carbocycles. The van der Waals surface area contributed by atoms with Crippen molar-refractivity contribution in [2.45, 2.75) is 44.1 Å². The van der Waals surface area contributed by atoms with Crippen LogP contribution < -0.4 is 15.4 Å². The lowest BCUT2D eigenvalue weighted by molar-refractivity contribution is -0.122. The highest BCUT2D eigenvalue weighted by molar-refractivity contribution is 5.80. The van der Waals surface area contributed by atoms with Gasteiger partial charge in [-0.25, -0.2) is 9.37 Å². The van der Waals surface area contributed by atoms with E-state index in [1.54, 1.807) is 24.5 Å². The maximum atomic E-state index is 14.4. The van der Waals surface area contributed by atoms with Crippen molar-refractivity contribution in [2.75, 3.05) is 13.7 Å². The van der Waals surface area contributed by atoms with Gasteiger partial charge in [-0.1, -0.05) is 0 Å². The Labute approximate surface area is 196 Å². The standard InChI is InChI=1S/C24H27FN6O3/c1-34-18-2-3-19(25)17(14-18)15-24(10-5-22(33)29-24)9-4-21(32)27-13-8-20-28-23(31-30-20)16-6-11-26-12-7-16/h2-3,6-7,11-12,14H,4-5,8-10,13,15H2,1H3,(H,27,32)(H,29,33)(H,28,30,31)/t24-/m0/s1. The van der Waals surface area contributed by atoms with E-state index in [1.807, 2.05) is 12.1 Å². The smallest absolute Gasteiger partial charge is 0.220 e. The van der Waals surface area contributed by atoms with E-state index in [2.05, 4.69) is 30.8 Å². The summed E-state index contributed by atoms with van der Waals surface area (Å²) in [5.41, 5.74) is 0.654. The molecule has 4 rings (SSSR count). The molecule has 3 heterocycles. The van der Waals surface area contributed by atoms with Crippen LogP contribution in [0.3, 0.4) is 0 Å². The Bertz CT molecular complexity index is 1150. The molecule has 1 aliphatic rings. The van der Waals surface area contributed by atoms with Gasteiger partial charge in [0.25, 0.3) is 0 Å². The molecule has 0 saturated carbocycles. The first-order chi connectivity index (χ1) is 16.5. The van der Waals surface area contributed by atoms with Gasteiger partial charge in [-0.2, -0.15) is 5.10 Å². The van der Waals surface area contributed by atoms with Crippen molar-refractivity contribution in [1.29, 1.82) is 0 Å². The summed E-state index contributed by atoms with van der Waals surface area (Å²) in [4.78, 5) is 32.9. The van der Waals surface area contributed by atoms with Gasteiger partial charge in [0.05, 0.1) is 7.11 Å². The van der Waals surface area contributed by atoms with Gasteiger partial charge in [-0.15, -0.1) is 0 Å². The predicted octanol–water partition coefficient (Wildman–Crippen LogP) is 2.34. The number of pyridine rings is 1. The maximum Gasteiger partial charge on any atom is 0.220 e. The molecule has 9 nitrogen and oxygen atoms in total. The number of methoxy groups -OCH3 is 1. The van der Waals surface area contributed by atoms with Crippen LogP contribution in [-0.4, -0.2) is 51.2 Å². The number of aromatic nitrogens is 4. The Balaban J connectivity index is 1.30. The van der Waals surface area contributed by atoms with E-state index in [0.29, 0.717) is 61.6 Å². The van der Waals surface area contributed by atoms with Gasteiger partial charge in [0.2, 0.25) is 11.8 Å². The first-order valence-corrected chi connectivity index (χ1v) is 11.2. The van der Waals surface area contributed by atoms with Gasteiger partial charge in [0, 0.05) is 49.3 Å². The van der Waals surface area contributed by atoms with Gasteiger partial charge >= 0.3 is 0 Å². The van der Waals surface area contributed by atoms with Crippen LogP contribution >= 0.6 is 0 Å². The summed E-state index contributed by atoms with van der Waals surface area (Å²) < 4.78 is 19.6. The molecule has 0 bridgehead atoms. The van der Waals surface area contributed by atoms with Crippen LogP contribution in [0.4, 0.5) is 4.39 Å². The molecular weight excluding hydrogens is 439 g/mol. The van der Waals surface area contributed by atoms with Gasteiger partial charge in [0.15, 0.2) is 5.82 Å². The topological polar surface area (TPSA) is 122 Å². The van der Waals surface area contributed by atoms with E-state index < -0.39 is 5.54 Å². The lowest BCUT2D eigenvalue weighted by atomic mass is 9.84. The number of aromatic amines is 1. The van der Waals surface area contributed by atoms with Crippen LogP contribution in [0.2, 0.25) is 0 Å². The lowest BCUT2D eigenvalue weighted by Crippen LogP contribution is -2.44. The Morgan fingerprint density at radius 1 is 1.26 bits per heavy atom. The van der Waals surface area contributed by atoms with Crippen LogP contribution in [0.15, 0.2) is 42.7 Å². The summed E-state index contributed by atoms with van der Waals surface area (Å²) in [5.74, 6) is 1.21. The fraction of sp³-hybridized carbons (Fsp3) is 0.375. The number of carbonyl (C=O) groups excluding carboxylic acids is 2. The third-order valence-corrected chi connectivity index (χ3v) is 6.00. The molecule has 0 aliphatic carbocycles. The Morgan fingerprint density at radius 3 is 2.82 bits per heavy atom. The number of rotatable bonds is 10. The van der Waals surface area contributed by atoms with Crippen LogP contribution in [-0.2, 0) is 22.4 Å². The van der Waals surface area contributed by atoms with E-state index in [0.717, 1.165) is 5.56 Å². The van der Waals surface area contributed by atoms with E-state index in [9.17, 15) is 14.0 Å². The molecule has 0 unspecified atom stereocenters. The third kappa shape index (κ3) is 5.75. The monoisotopic (exact) mass is 466 g/mol. The van der Waals surface area contributed by atoms with Gasteiger partial charge in [-0.05, 0) is 55.2 Å². The third-order valence-electron chi connectivity index (χ3n) is 6.00. The summed E-state index contributed by atoms with van der Waals surface area (Å²) >= 11 is 0. The number of halogens is 1. The highest BCUT2D eigenvalue weighted by atomic mass is 19.1. The van der Waals surface area contributed by atoms with Crippen molar-refractivity contribution in [2.24, 2.45) is 0 Å². The van der Waals surface area contributed by atoms with E-state index in [4.69, 9.17) is 4.74 Å². The molecule has 2 amide bonds. The largest absolute Gasteiger partial charge is 0.497 e. The van der Waals surface area contributed by atoms with Crippen LogP contribution in [0.5, 0.6) is 5.75 Å². The maximum absolute atomic E-state index is 14.4. The Morgan fingerprint density at radius 2 is 2.09 bits per heavy atom. The summed E-state index contributed by atoms with van der Waals surface area (Å²) in [5, 5.41) is 12.9. The fourth-order valence-corrected chi connectivity index (χ4v) is 4.16. The number of hydrogen-bond acceptors (Lipinski definition) is 6. The van der Waals surface area contributed by atoms with E-state index in [-0.39, 0.29) is 24.1 Å². The number of H-pyrrole nitrogens is 1. The fourth-order valence-electron chi connectivity index (χ4n) is 4.16. The second-order valence-electron chi connectivity index (χ2n) is 8.40. The van der Waals surface area contributed by atoms with Crippen LogP contribution in [0.1, 0.15) is 37.1 Å². The highest BCUT2D eigenvalue weighted by Crippen LogP contribution is 2.31. The van der Waals surface area contributed by atoms with Crippen molar-refractivity contribution in [3.63, 3.8) is 0 Å². The normalized spacial score (nSPS) is 17.4. The molecule has 34 heavy (non-hydrogen) atoms. The molecule has 1 fully saturated rings. The van der Waals surface area contributed by atoms with Crippen molar-refractivity contribution in [1.82, 2.24) is 30.8 Å². The summed E-state index contributed by atoms with van der Waals surface area (Å²) in [6.07, 6.45) is 5.68. The van der Waals surface area contributed by atoms with Gasteiger partial charge < -0.3 is 15.4 Å². The summed E-state index contributed by atoms with van der Waals surface area (Å²) in [6.45, 7) is 0.397. The average molecular weight is 467 g/mol. The minimum absolute atomic E-state index is 0.0842. The SMILES string of the molecule is COc1ccc(F)c(C[C@]2(CCC(=O)NCCc3nc(-c4ccncc4)n[nH]3)CCC(=O)N2)c1. The molecule has 1 aliphatic heterocycles. The minimum Gasteiger partial charge on any atom is -0.497 e. The van der Waals surface area contributed by atoms with Crippen molar-refractivity contribution >= 4 is 11.8 Å². The van der Waals surface area contributed by atoms with Crippen molar-refractivity contribution < 1.29 is 18.7 Å². The number of amides is 2. The molecule has 3 aromatic rings. The Kier molecular flexibility index (Phi) is 7.15. The van der Waals surface area contributed by atoms with Crippen molar-refractivity contribution in [3.05, 3.63) is 59.9 Å². The first kappa shape index (κ1) is 23.3. The highest BCUT2D eigenvalue weighted by Gasteiger charge is 2.38. The molecule has 1 atom stereocenters. The minimum atomic E-state index is -0.661. The second-order valence-corrected chi connectivity index (χ2v) is 8.40. The molecule has 2 aromatic heterocycles. The summed E-state index contributed by atoms with van der Waals surface area (Å²) in [6, 6.07) is 8.20. The van der Waals surface area contributed by atoms with E-state index in [1.165, 1.54) is 13.2 Å². The van der Waals surface area contributed by atoms with Gasteiger partial charge in [0.1, 0.15) is 17.4 Å². The number of nitrogens with zero attached hydrogens (tertiary/aromatic N) is 3. The lowest BCUT2D eigenvalue weighted by Gasteiger charge is -2.29. The average Bonchev–Trinajstić information content (AvgIpc) is 3.47. The number of carbonyl (C=O) groups is 2. The number of nitrogens with one attached hydrogen (secondary N) is 3. The molecule has 0 radical (unpaired) electrons. The molecule has 1 saturated heterocycles. The number of ether oxygens (including phenoxy) is 1. The van der Waals surface area contributed by atoms with Gasteiger partial charge in [-0.3, -0.25) is 19.7 Å². The zero-order chi connectivity index (χ0) is 24.0. The number of benzene rings is 1. The van der Waals surface area contributed by atoms with Crippen LogP contribution in [0.25, 0.3) is 11.4 Å². The zero-order valence-electron chi connectivity index (χ0n) is 18.9. The second kappa shape index (κ2) is 10.4. The molecule has 3 N–H and O–H groups in total. The number of hydrogen-bond donors (Lipinski definition) is 3. The van der Waals surface area contributed by atoms with E-state index >= 15 is 0 Å². The molecular formula is C24H27FN6O3. The van der Waals surface area contributed by atoms with Crippen LogP contribution in [0, 0.1) is 5.82 Å². The van der Waals surface area contributed by atoms with Crippen molar-refractivity contribution in [3.8, 4) is 17.1 Å². The zero-order valence-corrected chi connectivity index (χ0v) is 18.9. The predicted molar refractivity (Wildman–Crippen MR) is 122 cm³/mol. The summed E-state index contributed by atoms with van der Waals surface area (Å²) in [7, 11) is 1.52. The molecule has 10 heteroatoms. The quantitative estimate of drug-likeness (QED) is 0.422. The molecule has 0 spiro atoms. The Hall–Kier alpha value is -3.82.